The number of thiocarbonyl (C=S) groups is 1. The van der Waals surface area contributed by atoms with Gasteiger partial charge in [0, 0.05) is 38.2 Å². The number of aliphatic carboxylic acids is 1. The molecule has 3 rings (SSSR count). The number of hydrogen-bond acceptors (Lipinski definition) is 7. The maximum absolute atomic E-state index is 13.4. The van der Waals surface area contributed by atoms with E-state index < -0.39 is 5.97 Å². The third-order valence-electron chi connectivity index (χ3n) is 7.37. The molecule has 0 spiro atoms. The molecule has 1 amide bonds. The molecule has 1 N–H and O–H groups in total. The first-order chi connectivity index (χ1) is 18.8. The summed E-state index contributed by atoms with van der Waals surface area (Å²) < 4.78 is 2.27. The molecule has 39 heavy (non-hydrogen) atoms. The molecule has 2 aliphatic heterocycles. The van der Waals surface area contributed by atoms with E-state index in [9.17, 15) is 19.6 Å². The Labute approximate surface area is 241 Å². The predicted molar refractivity (Wildman–Crippen MR) is 161 cm³/mol. The maximum Gasteiger partial charge on any atom is 0.303 e. The molecule has 212 valence electrons. The fourth-order valence-electron chi connectivity index (χ4n) is 5.28. The number of nitriles is 1. The second kappa shape index (κ2) is 15.2. The van der Waals surface area contributed by atoms with Crippen LogP contribution in [0.2, 0.25) is 0 Å². The highest BCUT2D eigenvalue weighted by Gasteiger charge is 2.33. The fraction of sp³-hybridized carbons (Fsp3) is 0.621. The number of anilines is 1. The van der Waals surface area contributed by atoms with Gasteiger partial charge in [-0.05, 0) is 50.7 Å². The number of carbonyl (C=O) groups excluding carboxylic acids is 1. The van der Waals surface area contributed by atoms with Gasteiger partial charge in [-0.3, -0.25) is 23.9 Å². The van der Waals surface area contributed by atoms with E-state index in [0.717, 1.165) is 95.1 Å². The van der Waals surface area contributed by atoms with Crippen LogP contribution in [0.4, 0.5) is 5.82 Å². The summed E-state index contributed by atoms with van der Waals surface area (Å²) in [5, 5.41) is 18.5. The van der Waals surface area contributed by atoms with Crippen molar-refractivity contribution < 1.29 is 14.7 Å². The van der Waals surface area contributed by atoms with Gasteiger partial charge < -0.3 is 10.0 Å². The standard InChI is InChI=1S/C29H40N4O4S2/c1-3-15-32-26(31-16-12-13-17-31)22(21(2)23(20-30)27(32)36)19-24-28(37)33(29(38)39-24)18-11-9-7-5-4-6-8-10-14-25(34)35/h19H,3-18H2,1-2H3,(H,34,35)/b24-19-. The van der Waals surface area contributed by atoms with E-state index in [-0.39, 0.29) is 23.5 Å². The van der Waals surface area contributed by atoms with Gasteiger partial charge in [0.15, 0.2) is 0 Å². The third kappa shape index (κ3) is 7.95. The number of aromatic nitrogens is 1. The Hall–Kier alpha value is -2.64. The first-order valence-electron chi connectivity index (χ1n) is 14.2. The van der Waals surface area contributed by atoms with Gasteiger partial charge in [0.1, 0.15) is 21.8 Å². The molecule has 2 saturated heterocycles. The highest BCUT2D eigenvalue weighted by atomic mass is 32.2. The number of pyridine rings is 1. The molecule has 8 nitrogen and oxygen atoms in total. The SMILES string of the molecule is CCCn1c(N2CCCC2)c(/C=C2\SC(=S)N(CCCCCCCCCCC(=O)O)C2=O)c(C)c(C#N)c1=O. The quantitative estimate of drug-likeness (QED) is 0.159. The van der Waals surface area contributed by atoms with Gasteiger partial charge >= 0.3 is 5.97 Å². The monoisotopic (exact) mass is 572 g/mol. The summed E-state index contributed by atoms with van der Waals surface area (Å²) in [4.78, 5) is 41.6. The molecule has 0 aromatic carbocycles. The van der Waals surface area contributed by atoms with Crippen molar-refractivity contribution in [3.05, 3.63) is 31.9 Å². The number of rotatable bonds is 15. The van der Waals surface area contributed by atoms with Crippen molar-refractivity contribution in [2.24, 2.45) is 0 Å². The number of unbranched alkanes of at least 4 members (excludes halogenated alkanes) is 7. The number of carboxylic acids is 1. The van der Waals surface area contributed by atoms with Crippen LogP contribution in [-0.4, -0.2) is 50.4 Å². The second-order valence-electron chi connectivity index (χ2n) is 10.3. The zero-order chi connectivity index (χ0) is 28.4. The van der Waals surface area contributed by atoms with Gasteiger partial charge in [0.2, 0.25) is 0 Å². The molecule has 2 fully saturated rings. The molecule has 0 saturated carbocycles. The lowest BCUT2D eigenvalue weighted by Crippen LogP contribution is -2.33. The van der Waals surface area contributed by atoms with Crippen molar-refractivity contribution in [2.75, 3.05) is 24.5 Å². The Morgan fingerprint density at radius 3 is 2.26 bits per heavy atom. The van der Waals surface area contributed by atoms with E-state index in [0.29, 0.717) is 27.9 Å². The largest absolute Gasteiger partial charge is 0.481 e. The van der Waals surface area contributed by atoms with Gasteiger partial charge in [-0.25, -0.2) is 0 Å². The van der Waals surface area contributed by atoms with Crippen molar-refractivity contribution in [1.29, 1.82) is 5.26 Å². The minimum Gasteiger partial charge on any atom is -0.481 e. The van der Waals surface area contributed by atoms with Crippen LogP contribution < -0.4 is 10.5 Å². The summed E-state index contributed by atoms with van der Waals surface area (Å²) in [5.41, 5.74) is 1.26. The van der Waals surface area contributed by atoms with Crippen molar-refractivity contribution in [3.8, 4) is 6.07 Å². The average molecular weight is 573 g/mol. The van der Waals surface area contributed by atoms with Crippen LogP contribution in [0.5, 0.6) is 0 Å². The van der Waals surface area contributed by atoms with Gasteiger partial charge in [-0.2, -0.15) is 5.26 Å². The van der Waals surface area contributed by atoms with Crippen LogP contribution in [-0.2, 0) is 16.1 Å². The molecule has 1 aromatic rings. The zero-order valence-corrected chi connectivity index (χ0v) is 24.8. The Morgan fingerprint density at radius 1 is 1.05 bits per heavy atom. The summed E-state index contributed by atoms with van der Waals surface area (Å²) in [7, 11) is 0. The van der Waals surface area contributed by atoms with Gasteiger partial charge in [-0.15, -0.1) is 0 Å². The molecular weight excluding hydrogens is 532 g/mol. The van der Waals surface area contributed by atoms with E-state index in [4.69, 9.17) is 17.3 Å². The minimum absolute atomic E-state index is 0.109. The molecule has 0 atom stereocenters. The molecule has 10 heteroatoms. The van der Waals surface area contributed by atoms with E-state index in [2.05, 4.69) is 11.0 Å². The first-order valence-corrected chi connectivity index (χ1v) is 15.4. The zero-order valence-electron chi connectivity index (χ0n) is 23.2. The van der Waals surface area contributed by atoms with Crippen LogP contribution in [0.1, 0.15) is 101 Å². The normalized spacial score (nSPS) is 16.5. The molecule has 1 aromatic heterocycles. The van der Waals surface area contributed by atoms with E-state index in [1.807, 2.05) is 13.0 Å². The number of carbonyl (C=O) groups is 2. The van der Waals surface area contributed by atoms with Gasteiger partial charge in [-0.1, -0.05) is 69.4 Å². The highest BCUT2D eigenvalue weighted by molar-refractivity contribution is 8.26. The number of carboxylic acid groups (broad SMARTS) is 1. The highest BCUT2D eigenvalue weighted by Crippen LogP contribution is 2.36. The van der Waals surface area contributed by atoms with Crippen molar-refractivity contribution in [1.82, 2.24) is 9.47 Å². The van der Waals surface area contributed by atoms with Crippen LogP contribution in [0, 0.1) is 18.3 Å². The van der Waals surface area contributed by atoms with Crippen LogP contribution in [0.15, 0.2) is 9.70 Å². The lowest BCUT2D eigenvalue weighted by atomic mass is 10.0. The summed E-state index contributed by atoms with van der Waals surface area (Å²) in [5.74, 6) is -0.0267. The molecule has 0 radical (unpaired) electrons. The Morgan fingerprint density at radius 2 is 1.67 bits per heavy atom. The summed E-state index contributed by atoms with van der Waals surface area (Å²) >= 11 is 6.86. The second-order valence-corrected chi connectivity index (χ2v) is 12.0. The minimum atomic E-state index is -0.727. The maximum atomic E-state index is 13.4. The predicted octanol–water partition coefficient (Wildman–Crippen LogP) is 5.84. The van der Waals surface area contributed by atoms with Crippen molar-refractivity contribution in [2.45, 2.75) is 97.4 Å². The summed E-state index contributed by atoms with van der Waals surface area (Å²) in [6, 6.07) is 2.10. The fourth-order valence-corrected chi connectivity index (χ4v) is 6.57. The average Bonchev–Trinajstić information content (AvgIpc) is 3.52. The molecule has 3 heterocycles. The Balaban J connectivity index is 1.68. The lowest BCUT2D eigenvalue weighted by molar-refractivity contribution is -0.137. The third-order valence-corrected chi connectivity index (χ3v) is 8.75. The first kappa shape index (κ1) is 30.9. The molecular formula is C29H40N4O4S2. The number of nitrogens with zero attached hydrogens (tertiary/aromatic N) is 4. The number of amides is 1. The van der Waals surface area contributed by atoms with Crippen molar-refractivity contribution >= 4 is 52.1 Å². The molecule has 0 unspecified atom stereocenters. The van der Waals surface area contributed by atoms with Gasteiger partial charge in [0.25, 0.3) is 11.5 Å². The topological polar surface area (TPSA) is 107 Å². The Kier molecular flexibility index (Phi) is 12.1. The van der Waals surface area contributed by atoms with Crippen LogP contribution in [0.3, 0.4) is 0 Å². The number of thioether (sulfide) groups is 1. The molecule has 0 aliphatic carbocycles. The Bertz CT molecular complexity index is 1200. The van der Waals surface area contributed by atoms with E-state index in [1.54, 1.807) is 16.4 Å². The molecule has 2 aliphatic rings. The van der Waals surface area contributed by atoms with E-state index in [1.165, 1.54) is 11.8 Å². The summed E-state index contributed by atoms with van der Waals surface area (Å²) in [6.07, 6.45) is 12.9. The van der Waals surface area contributed by atoms with Crippen LogP contribution in [0.25, 0.3) is 6.08 Å². The van der Waals surface area contributed by atoms with Crippen LogP contribution >= 0.6 is 24.0 Å². The lowest BCUT2D eigenvalue weighted by Gasteiger charge is -2.26. The molecule has 0 bridgehead atoms. The smallest absolute Gasteiger partial charge is 0.303 e. The van der Waals surface area contributed by atoms with Crippen molar-refractivity contribution in [3.63, 3.8) is 0 Å². The summed E-state index contributed by atoms with van der Waals surface area (Å²) in [6.45, 7) is 6.60. The number of hydrogen-bond donors (Lipinski definition) is 1. The van der Waals surface area contributed by atoms with Gasteiger partial charge in [0.05, 0.1) is 4.91 Å². The van der Waals surface area contributed by atoms with E-state index >= 15 is 0 Å².